The molecule has 1 aliphatic heterocycles. The van der Waals surface area contributed by atoms with Gasteiger partial charge in [-0.2, -0.15) is 13.2 Å². The number of nitrogens with one attached hydrogen (secondary N) is 2. The summed E-state index contributed by atoms with van der Waals surface area (Å²) < 4.78 is 38.5. The summed E-state index contributed by atoms with van der Waals surface area (Å²) in [4.78, 5) is 28.7. The molecular formula is C27H33F3N4O3. The minimum absolute atomic E-state index is 0.0441. The standard InChI is InChI=1S/C27H33F3N4O3/c1-33(2)22-8-6-19(7-9-22)26(37)12-10-23(11-13-26)34-16-21(17-34)32-24(35)15-31-25(36)18-4-3-5-20(14-18)27(28,29)30/h3-9,14,21,23,37H,10-13,15-17H2,1-2H3,(H,31,36)(H,32,35)/t23-,26-. The molecule has 200 valence electrons. The van der Waals surface area contributed by atoms with Gasteiger partial charge in [0, 0.05) is 44.5 Å². The maximum atomic E-state index is 12.8. The van der Waals surface area contributed by atoms with Crippen LogP contribution in [-0.4, -0.2) is 67.6 Å². The van der Waals surface area contributed by atoms with Crippen LogP contribution in [0.25, 0.3) is 0 Å². The molecule has 3 N–H and O–H groups in total. The van der Waals surface area contributed by atoms with Crippen molar-refractivity contribution >= 4 is 17.5 Å². The molecule has 0 atom stereocenters. The van der Waals surface area contributed by atoms with Crippen LogP contribution >= 0.6 is 0 Å². The van der Waals surface area contributed by atoms with Crippen molar-refractivity contribution in [1.29, 1.82) is 0 Å². The lowest BCUT2D eigenvalue weighted by Crippen LogP contribution is -2.63. The quantitative estimate of drug-likeness (QED) is 0.525. The lowest BCUT2D eigenvalue weighted by molar-refractivity contribution is -0.137. The van der Waals surface area contributed by atoms with Crippen LogP contribution in [0.4, 0.5) is 18.9 Å². The van der Waals surface area contributed by atoms with Crippen LogP contribution in [0.5, 0.6) is 0 Å². The summed E-state index contributed by atoms with van der Waals surface area (Å²) in [6.45, 7) is 1.07. The van der Waals surface area contributed by atoms with Gasteiger partial charge in [0.05, 0.1) is 23.8 Å². The van der Waals surface area contributed by atoms with Crippen molar-refractivity contribution in [3.63, 3.8) is 0 Å². The molecule has 10 heteroatoms. The second kappa shape index (κ2) is 10.7. The highest BCUT2D eigenvalue weighted by Gasteiger charge is 2.40. The molecule has 2 aromatic rings. The molecule has 2 aliphatic rings. The lowest BCUT2D eigenvalue weighted by Gasteiger charge is -2.48. The minimum Gasteiger partial charge on any atom is -0.385 e. The molecule has 2 fully saturated rings. The molecule has 0 radical (unpaired) electrons. The fourth-order valence-electron chi connectivity index (χ4n) is 5.08. The molecular weight excluding hydrogens is 485 g/mol. The number of alkyl halides is 3. The average Bonchev–Trinajstić information content (AvgIpc) is 2.85. The fraction of sp³-hybridized carbons (Fsp3) is 0.481. The van der Waals surface area contributed by atoms with E-state index >= 15 is 0 Å². The Hall–Kier alpha value is -3.11. The van der Waals surface area contributed by atoms with Crippen molar-refractivity contribution in [3.05, 3.63) is 65.2 Å². The third-order valence-electron chi connectivity index (χ3n) is 7.36. The maximum absolute atomic E-state index is 12.8. The number of halogens is 3. The van der Waals surface area contributed by atoms with Crippen molar-refractivity contribution < 1.29 is 27.9 Å². The first-order valence-corrected chi connectivity index (χ1v) is 12.4. The van der Waals surface area contributed by atoms with E-state index in [0.29, 0.717) is 32.0 Å². The van der Waals surface area contributed by atoms with E-state index in [-0.39, 0.29) is 24.1 Å². The molecule has 1 heterocycles. The highest BCUT2D eigenvalue weighted by Crippen LogP contribution is 2.40. The van der Waals surface area contributed by atoms with E-state index in [4.69, 9.17) is 0 Å². The van der Waals surface area contributed by atoms with Gasteiger partial charge >= 0.3 is 6.18 Å². The summed E-state index contributed by atoms with van der Waals surface area (Å²) in [7, 11) is 3.96. The zero-order valence-corrected chi connectivity index (χ0v) is 21.0. The number of likely N-dealkylation sites (tertiary alicyclic amines) is 1. The zero-order valence-electron chi connectivity index (χ0n) is 21.0. The Kier molecular flexibility index (Phi) is 7.80. The van der Waals surface area contributed by atoms with E-state index in [1.54, 1.807) is 0 Å². The van der Waals surface area contributed by atoms with Crippen LogP contribution < -0.4 is 15.5 Å². The topological polar surface area (TPSA) is 84.9 Å². The monoisotopic (exact) mass is 518 g/mol. The number of hydrogen-bond acceptors (Lipinski definition) is 5. The lowest BCUT2D eigenvalue weighted by atomic mass is 9.76. The summed E-state index contributed by atoms with van der Waals surface area (Å²) in [6.07, 6.45) is -1.47. The van der Waals surface area contributed by atoms with Crippen molar-refractivity contribution in [2.75, 3.05) is 38.6 Å². The number of hydrogen-bond donors (Lipinski definition) is 3. The molecule has 2 amide bonds. The molecule has 1 saturated heterocycles. The number of benzene rings is 2. The molecule has 0 aromatic heterocycles. The first-order valence-electron chi connectivity index (χ1n) is 12.4. The largest absolute Gasteiger partial charge is 0.416 e. The Morgan fingerprint density at radius 2 is 1.73 bits per heavy atom. The highest BCUT2D eigenvalue weighted by molar-refractivity contribution is 5.96. The highest BCUT2D eigenvalue weighted by atomic mass is 19.4. The van der Waals surface area contributed by atoms with E-state index in [1.165, 1.54) is 6.07 Å². The Morgan fingerprint density at radius 3 is 2.32 bits per heavy atom. The summed E-state index contributed by atoms with van der Waals surface area (Å²) in [5.41, 5.74) is 0.144. The van der Waals surface area contributed by atoms with Crippen LogP contribution in [0.15, 0.2) is 48.5 Å². The number of carbonyl (C=O) groups is 2. The van der Waals surface area contributed by atoms with Crippen LogP contribution in [0, 0.1) is 0 Å². The predicted molar refractivity (Wildman–Crippen MR) is 134 cm³/mol. The number of rotatable bonds is 7. The number of amides is 2. The van der Waals surface area contributed by atoms with Crippen molar-refractivity contribution in [3.8, 4) is 0 Å². The summed E-state index contributed by atoms with van der Waals surface area (Å²) in [5, 5.41) is 16.4. The summed E-state index contributed by atoms with van der Waals surface area (Å²) in [5.74, 6) is -1.12. The van der Waals surface area contributed by atoms with Gasteiger partial charge in [0.25, 0.3) is 5.91 Å². The van der Waals surface area contributed by atoms with Crippen LogP contribution in [0.1, 0.15) is 47.2 Å². The van der Waals surface area contributed by atoms with Gasteiger partial charge in [0.15, 0.2) is 0 Å². The fourth-order valence-corrected chi connectivity index (χ4v) is 5.08. The van der Waals surface area contributed by atoms with Crippen molar-refractivity contribution in [2.45, 2.75) is 49.5 Å². The predicted octanol–water partition coefficient (Wildman–Crippen LogP) is 3.13. The van der Waals surface area contributed by atoms with Gasteiger partial charge in [-0.3, -0.25) is 14.5 Å². The number of anilines is 1. The Morgan fingerprint density at radius 1 is 1.08 bits per heavy atom. The smallest absolute Gasteiger partial charge is 0.385 e. The van der Waals surface area contributed by atoms with Crippen LogP contribution in [0.2, 0.25) is 0 Å². The molecule has 0 spiro atoms. The Labute approximate surface area is 214 Å². The first kappa shape index (κ1) is 26.9. The molecule has 2 aromatic carbocycles. The third kappa shape index (κ3) is 6.42. The minimum atomic E-state index is -4.54. The van der Waals surface area contributed by atoms with E-state index in [2.05, 4.69) is 15.5 Å². The normalized spacial score (nSPS) is 22.7. The maximum Gasteiger partial charge on any atom is 0.416 e. The third-order valence-corrected chi connectivity index (χ3v) is 7.36. The Bertz CT molecular complexity index is 1110. The van der Waals surface area contributed by atoms with Gasteiger partial charge in [-0.25, -0.2) is 0 Å². The van der Waals surface area contributed by atoms with Gasteiger partial charge < -0.3 is 20.6 Å². The number of nitrogens with zero attached hydrogens (tertiary/aromatic N) is 2. The van der Waals surface area contributed by atoms with E-state index in [1.807, 2.05) is 43.3 Å². The number of carbonyl (C=O) groups excluding carboxylic acids is 2. The molecule has 4 rings (SSSR count). The molecule has 1 aliphatic carbocycles. The molecule has 7 nitrogen and oxygen atoms in total. The second-order valence-electron chi connectivity index (χ2n) is 10.2. The van der Waals surface area contributed by atoms with Gasteiger partial charge in [0.1, 0.15) is 0 Å². The summed E-state index contributed by atoms with van der Waals surface area (Å²) >= 11 is 0. The SMILES string of the molecule is CN(C)c1ccc([C@]2(O)CC[C@H](N3CC(NC(=O)CNC(=O)c4cccc(C(F)(F)F)c4)C3)CC2)cc1. The van der Waals surface area contributed by atoms with Gasteiger partial charge in [-0.15, -0.1) is 0 Å². The first-order chi connectivity index (χ1) is 17.4. The van der Waals surface area contributed by atoms with E-state index in [9.17, 15) is 27.9 Å². The second-order valence-corrected chi connectivity index (χ2v) is 10.2. The van der Waals surface area contributed by atoms with Crippen LogP contribution in [0.3, 0.4) is 0 Å². The van der Waals surface area contributed by atoms with Crippen molar-refractivity contribution in [2.24, 2.45) is 0 Å². The van der Waals surface area contributed by atoms with Gasteiger partial charge in [-0.05, 0) is 61.6 Å². The molecule has 0 bridgehead atoms. The van der Waals surface area contributed by atoms with Gasteiger partial charge in [0.2, 0.25) is 5.91 Å². The molecule has 0 unspecified atom stereocenters. The van der Waals surface area contributed by atoms with E-state index < -0.39 is 23.2 Å². The van der Waals surface area contributed by atoms with Crippen molar-refractivity contribution in [1.82, 2.24) is 15.5 Å². The zero-order chi connectivity index (χ0) is 26.8. The van der Waals surface area contributed by atoms with Crippen LogP contribution in [-0.2, 0) is 16.6 Å². The Balaban J connectivity index is 1.18. The number of aliphatic hydroxyl groups is 1. The average molecular weight is 519 g/mol. The van der Waals surface area contributed by atoms with E-state index in [0.717, 1.165) is 42.3 Å². The molecule has 1 saturated carbocycles. The summed E-state index contributed by atoms with van der Waals surface area (Å²) in [6, 6.07) is 12.4. The molecule has 37 heavy (non-hydrogen) atoms. The van der Waals surface area contributed by atoms with Gasteiger partial charge in [-0.1, -0.05) is 18.2 Å².